The van der Waals surface area contributed by atoms with Gasteiger partial charge in [0.15, 0.2) is 0 Å². The van der Waals surface area contributed by atoms with E-state index in [0.29, 0.717) is 12.4 Å². The van der Waals surface area contributed by atoms with E-state index in [1.807, 2.05) is 49.4 Å². The van der Waals surface area contributed by atoms with Gasteiger partial charge < -0.3 is 0 Å². The minimum atomic E-state index is -3.69. The normalized spacial score (nSPS) is 12.1. The molecule has 0 fully saturated rings. The Bertz CT molecular complexity index is 1020. The van der Waals surface area contributed by atoms with Crippen LogP contribution in [0.3, 0.4) is 0 Å². The molecule has 0 radical (unpaired) electrons. The lowest BCUT2D eigenvalue weighted by molar-refractivity contribution is 0.587. The van der Waals surface area contributed by atoms with E-state index in [9.17, 15) is 8.42 Å². The van der Waals surface area contributed by atoms with Crippen molar-refractivity contribution in [3.05, 3.63) is 77.5 Å². The summed E-state index contributed by atoms with van der Waals surface area (Å²) in [6.07, 6.45) is 0. The number of aryl methyl sites for hydroxylation is 1. The first kappa shape index (κ1) is 19.2. The SMILES string of the molecule is Cc1cc(NS(=O)(=O)c2ccc(C(C)(C)C)cc2)n(Cc2ccccc2)n1. The minimum absolute atomic E-state index is 0.0267. The number of hydrogen-bond donors (Lipinski definition) is 1. The molecule has 3 rings (SSSR count). The third-order valence-corrected chi connectivity index (χ3v) is 5.72. The Labute approximate surface area is 161 Å². The summed E-state index contributed by atoms with van der Waals surface area (Å²) in [5.74, 6) is 0.455. The Hall–Kier alpha value is -2.60. The number of anilines is 1. The largest absolute Gasteiger partial charge is 0.264 e. The Morgan fingerprint density at radius 1 is 1.00 bits per heavy atom. The summed E-state index contributed by atoms with van der Waals surface area (Å²) in [7, 11) is -3.69. The summed E-state index contributed by atoms with van der Waals surface area (Å²) in [5, 5.41) is 4.42. The molecule has 0 saturated carbocycles. The maximum atomic E-state index is 12.8. The second-order valence-electron chi connectivity index (χ2n) is 7.69. The van der Waals surface area contributed by atoms with Gasteiger partial charge in [0.25, 0.3) is 10.0 Å². The number of nitrogens with one attached hydrogen (secondary N) is 1. The monoisotopic (exact) mass is 383 g/mol. The molecule has 27 heavy (non-hydrogen) atoms. The molecule has 0 spiro atoms. The van der Waals surface area contributed by atoms with Crippen LogP contribution in [0.25, 0.3) is 0 Å². The molecule has 0 amide bonds. The minimum Gasteiger partial charge on any atom is -0.264 e. The van der Waals surface area contributed by atoms with Crippen molar-refractivity contribution >= 4 is 15.8 Å². The maximum Gasteiger partial charge on any atom is 0.263 e. The fraction of sp³-hybridized carbons (Fsp3) is 0.286. The zero-order chi connectivity index (χ0) is 19.7. The second kappa shape index (κ2) is 7.19. The Balaban J connectivity index is 1.86. The van der Waals surface area contributed by atoms with Crippen molar-refractivity contribution in [1.82, 2.24) is 9.78 Å². The van der Waals surface area contributed by atoms with Gasteiger partial charge in [0.1, 0.15) is 5.82 Å². The molecule has 0 unspecified atom stereocenters. The summed E-state index contributed by atoms with van der Waals surface area (Å²) in [5.41, 5.74) is 2.87. The molecule has 6 heteroatoms. The predicted molar refractivity (Wildman–Crippen MR) is 108 cm³/mol. The molecule has 1 aromatic heterocycles. The fourth-order valence-electron chi connectivity index (χ4n) is 2.84. The van der Waals surface area contributed by atoms with Gasteiger partial charge in [-0.15, -0.1) is 0 Å². The Morgan fingerprint density at radius 2 is 1.63 bits per heavy atom. The summed E-state index contributed by atoms with van der Waals surface area (Å²) in [6.45, 7) is 8.63. The van der Waals surface area contributed by atoms with E-state index in [2.05, 4.69) is 30.6 Å². The quantitative estimate of drug-likeness (QED) is 0.713. The first-order chi connectivity index (χ1) is 12.6. The highest BCUT2D eigenvalue weighted by molar-refractivity contribution is 7.92. The maximum absolute atomic E-state index is 12.8. The molecular formula is C21H25N3O2S. The van der Waals surface area contributed by atoms with Crippen LogP contribution in [0.1, 0.15) is 37.6 Å². The van der Waals surface area contributed by atoms with Gasteiger partial charge in [-0.2, -0.15) is 5.10 Å². The van der Waals surface area contributed by atoms with E-state index in [1.165, 1.54) is 0 Å². The fourth-order valence-corrected chi connectivity index (χ4v) is 3.89. The van der Waals surface area contributed by atoms with Crippen LogP contribution in [0.5, 0.6) is 0 Å². The van der Waals surface area contributed by atoms with E-state index in [0.717, 1.165) is 16.8 Å². The van der Waals surface area contributed by atoms with Gasteiger partial charge >= 0.3 is 0 Å². The standard InChI is InChI=1S/C21H25N3O2S/c1-16-14-20(24(22-16)15-17-8-6-5-7-9-17)23-27(25,26)19-12-10-18(11-13-19)21(2,3)4/h5-14,23H,15H2,1-4H3. The zero-order valence-electron chi connectivity index (χ0n) is 16.1. The lowest BCUT2D eigenvalue weighted by Crippen LogP contribution is -2.17. The number of nitrogens with zero attached hydrogens (tertiary/aromatic N) is 2. The van der Waals surface area contributed by atoms with Gasteiger partial charge in [0.05, 0.1) is 17.1 Å². The van der Waals surface area contributed by atoms with E-state index < -0.39 is 10.0 Å². The molecule has 3 aromatic rings. The molecule has 5 nitrogen and oxygen atoms in total. The molecule has 0 aliphatic rings. The van der Waals surface area contributed by atoms with Crippen LogP contribution < -0.4 is 4.72 Å². The van der Waals surface area contributed by atoms with Crippen molar-refractivity contribution in [2.24, 2.45) is 0 Å². The number of aromatic nitrogens is 2. The highest BCUT2D eigenvalue weighted by atomic mass is 32.2. The van der Waals surface area contributed by atoms with Crippen LogP contribution in [0.2, 0.25) is 0 Å². The van der Waals surface area contributed by atoms with Crippen molar-refractivity contribution < 1.29 is 8.42 Å². The third kappa shape index (κ3) is 4.57. The van der Waals surface area contributed by atoms with Gasteiger partial charge in [-0.05, 0) is 35.6 Å². The van der Waals surface area contributed by atoms with Gasteiger partial charge in [-0.1, -0.05) is 63.2 Å². The molecule has 1 heterocycles. The van der Waals surface area contributed by atoms with Crippen LogP contribution in [-0.4, -0.2) is 18.2 Å². The molecule has 0 bridgehead atoms. The number of hydrogen-bond acceptors (Lipinski definition) is 3. The summed E-state index contributed by atoms with van der Waals surface area (Å²) >= 11 is 0. The molecule has 0 atom stereocenters. The van der Waals surface area contributed by atoms with Gasteiger partial charge in [-0.25, -0.2) is 13.1 Å². The van der Waals surface area contributed by atoms with Crippen LogP contribution in [-0.2, 0) is 22.0 Å². The topological polar surface area (TPSA) is 64.0 Å². The van der Waals surface area contributed by atoms with E-state index in [-0.39, 0.29) is 10.3 Å². The van der Waals surface area contributed by atoms with Gasteiger partial charge in [0, 0.05) is 6.07 Å². The average molecular weight is 384 g/mol. The zero-order valence-corrected chi connectivity index (χ0v) is 16.9. The number of rotatable bonds is 5. The van der Waals surface area contributed by atoms with E-state index >= 15 is 0 Å². The van der Waals surface area contributed by atoms with Crippen LogP contribution in [0, 0.1) is 6.92 Å². The first-order valence-electron chi connectivity index (χ1n) is 8.87. The van der Waals surface area contributed by atoms with Crippen LogP contribution >= 0.6 is 0 Å². The number of sulfonamides is 1. The molecule has 0 aliphatic carbocycles. The molecular weight excluding hydrogens is 358 g/mol. The predicted octanol–water partition coefficient (Wildman–Crippen LogP) is 4.34. The van der Waals surface area contributed by atoms with Gasteiger partial charge in [-0.3, -0.25) is 4.72 Å². The Kier molecular flexibility index (Phi) is 5.11. The third-order valence-electron chi connectivity index (χ3n) is 4.35. The van der Waals surface area contributed by atoms with E-state index in [4.69, 9.17) is 0 Å². The molecule has 2 aromatic carbocycles. The van der Waals surface area contributed by atoms with Crippen molar-refractivity contribution in [2.75, 3.05) is 4.72 Å². The highest BCUT2D eigenvalue weighted by Crippen LogP contribution is 2.24. The van der Waals surface area contributed by atoms with Crippen LogP contribution in [0.4, 0.5) is 5.82 Å². The summed E-state index contributed by atoms with van der Waals surface area (Å²) in [4.78, 5) is 0.237. The summed E-state index contributed by atoms with van der Waals surface area (Å²) in [6, 6.07) is 18.6. The lowest BCUT2D eigenvalue weighted by atomic mass is 9.87. The average Bonchev–Trinajstić information content (AvgIpc) is 2.93. The smallest absolute Gasteiger partial charge is 0.263 e. The molecule has 0 aliphatic heterocycles. The highest BCUT2D eigenvalue weighted by Gasteiger charge is 2.19. The lowest BCUT2D eigenvalue weighted by Gasteiger charge is -2.19. The van der Waals surface area contributed by atoms with Crippen molar-refractivity contribution in [3.63, 3.8) is 0 Å². The summed E-state index contributed by atoms with van der Waals surface area (Å²) < 4.78 is 30.0. The number of benzene rings is 2. The first-order valence-corrected chi connectivity index (χ1v) is 10.4. The molecule has 142 valence electrons. The Morgan fingerprint density at radius 3 is 2.22 bits per heavy atom. The molecule has 1 N–H and O–H groups in total. The van der Waals surface area contributed by atoms with Crippen molar-refractivity contribution in [2.45, 2.75) is 44.6 Å². The van der Waals surface area contributed by atoms with Crippen molar-refractivity contribution in [1.29, 1.82) is 0 Å². The van der Waals surface area contributed by atoms with Crippen molar-refractivity contribution in [3.8, 4) is 0 Å². The molecule has 0 saturated heterocycles. The van der Waals surface area contributed by atoms with Crippen LogP contribution in [0.15, 0.2) is 65.6 Å². The second-order valence-corrected chi connectivity index (χ2v) is 9.38. The van der Waals surface area contributed by atoms with Gasteiger partial charge in [0.2, 0.25) is 0 Å². The van der Waals surface area contributed by atoms with E-state index in [1.54, 1.807) is 22.9 Å².